The van der Waals surface area contributed by atoms with Crippen LogP contribution in [0.5, 0.6) is 0 Å². The second kappa shape index (κ2) is 12.8. The van der Waals surface area contributed by atoms with Crippen LogP contribution in [0.4, 0.5) is 5.82 Å². The van der Waals surface area contributed by atoms with Gasteiger partial charge in [0.2, 0.25) is 0 Å². The summed E-state index contributed by atoms with van der Waals surface area (Å²) >= 11 is 0. The van der Waals surface area contributed by atoms with Gasteiger partial charge >= 0.3 is 0 Å². The van der Waals surface area contributed by atoms with Crippen molar-refractivity contribution in [2.45, 2.75) is 64.7 Å². The number of benzene rings is 2. The van der Waals surface area contributed by atoms with Crippen LogP contribution in [0, 0.1) is 0 Å². The van der Waals surface area contributed by atoms with E-state index in [1.165, 1.54) is 57.8 Å². The summed E-state index contributed by atoms with van der Waals surface area (Å²) in [6.07, 6.45) is 12.1. The number of anilines is 1. The van der Waals surface area contributed by atoms with Gasteiger partial charge in [0.05, 0.1) is 5.69 Å². The second-order valence-electron chi connectivity index (χ2n) is 7.95. The van der Waals surface area contributed by atoms with E-state index < -0.39 is 0 Å². The van der Waals surface area contributed by atoms with E-state index in [9.17, 15) is 0 Å². The molecule has 0 atom stereocenters. The quantitative estimate of drug-likeness (QED) is 0.297. The summed E-state index contributed by atoms with van der Waals surface area (Å²) in [5.74, 6) is 1.67. The molecule has 158 valence electrons. The number of nitrogens with zero attached hydrogens (tertiary/aromatic N) is 2. The molecule has 3 nitrogen and oxygen atoms in total. The smallest absolute Gasteiger partial charge is 0.162 e. The van der Waals surface area contributed by atoms with Crippen molar-refractivity contribution in [1.82, 2.24) is 9.97 Å². The highest BCUT2D eigenvalue weighted by Crippen LogP contribution is 2.24. The van der Waals surface area contributed by atoms with Crippen LogP contribution in [0.3, 0.4) is 0 Å². The Hall–Kier alpha value is -2.68. The van der Waals surface area contributed by atoms with Gasteiger partial charge in [-0.25, -0.2) is 9.97 Å². The predicted molar refractivity (Wildman–Crippen MR) is 129 cm³/mol. The maximum Gasteiger partial charge on any atom is 0.162 e. The molecule has 3 rings (SSSR count). The van der Waals surface area contributed by atoms with Crippen molar-refractivity contribution in [3.8, 4) is 22.6 Å². The molecule has 2 aromatic carbocycles. The molecule has 1 heterocycles. The van der Waals surface area contributed by atoms with Crippen molar-refractivity contribution in [3.05, 3.63) is 66.7 Å². The molecule has 0 saturated carbocycles. The summed E-state index contributed by atoms with van der Waals surface area (Å²) < 4.78 is 0. The van der Waals surface area contributed by atoms with Crippen LogP contribution in [-0.2, 0) is 0 Å². The van der Waals surface area contributed by atoms with E-state index in [-0.39, 0.29) is 0 Å². The SMILES string of the molecule is CCCCCCCCCCCNc1cc(-c2ccccc2)nc(-c2ccccc2)n1. The fourth-order valence-corrected chi connectivity index (χ4v) is 3.66. The van der Waals surface area contributed by atoms with E-state index in [0.717, 1.165) is 35.0 Å². The van der Waals surface area contributed by atoms with E-state index in [1.807, 2.05) is 24.3 Å². The lowest BCUT2D eigenvalue weighted by molar-refractivity contribution is 0.569. The molecule has 0 bridgehead atoms. The van der Waals surface area contributed by atoms with Gasteiger partial charge in [0, 0.05) is 23.7 Å². The summed E-state index contributed by atoms with van der Waals surface area (Å²) in [6.45, 7) is 3.23. The Bertz CT molecular complexity index is 789. The van der Waals surface area contributed by atoms with Crippen molar-refractivity contribution in [1.29, 1.82) is 0 Å². The van der Waals surface area contributed by atoms with Crippen molar-refractivity contribution in [2.24, 2.45) is 0 Å². The van der Waals surface area contributed by atoms with E-state index in [1.54, 1.807) is 0 Å². The second-order valence-corrected chi connectivity index (χ2v) is 7.95. The Morgan fingerprint density at radius 1 is 0.633 bits per heavy atom. The highest BCUT2D eigenvalue weighted by Gasteiger charge is 2.08. The van der Waals surface area contributed by atoms with Gasteiger partial charge in [-0.15, -0.1) is 0 Å². The third-order valence-electron chi connectivity index (χ3n) is 5.41. The lowest BCUT2D eigenvalue weighted by atomic mass is 10.1. The number of unbranched alkanes of at least 4 members (excludes halogenated alkanes) is 8. The number of hydrogen-bond acceptors (Lipinski definition) is 3. The Labute approximate surface area is 182 Å². The van der Waals surface area contributed by atoms with E-state index in [4.69, 9.17) is 9.97 Å². The molecule has 1 N–H and O–H groups in total. The lowest BCUT2D eigenvalue weighted by Crippen LogP contribution is -2.05. The molecular weight excluding hydrogens is 366 g/mol. The van der Waals surface area contributed by atoms with Crippen molar-refractivity contribution in [2.75, 3.05) is 11.9 Å². The minimum absolute atomic E-state index is 0.770. The molecule has 3 aromatic rings. The van der Waals surface area contributed by atoms with Gasteiger partial charge in [-0.1, -0.05) is 119 Å². The zero-order chi connectivity index (χ0) is 20.9. The fraction of sp³-hybridized carbons (Fsp3) is 0.407. The van der Waals surface area contributed by atoms with Crippen LogP contribution < -0.4 is 5.32 Å². The van der Waals surface area contributed by atoms with E-state index in [0.29, 0.717) is 0 Å². The fourth-order valence-electron chi connectivity index (χ4n) is 3.66. The molecular formula is C27H35N3. The average Bonchev–Trinajstić information content (AvgIpc) is 2.81. The average molecular weight is 402 g/mol. The zero-order valence-corrected chi connectivity index (χ0v) is 18.3. The Morgan fingerprint density at radius 2 is 1.20 bits per heavy atom. The van der Waals surface area contributed by atoms with Gasteiger partial charge in [-0.2, -0.15) is 0 Å². The molecule has 0 unspecified atom stereocenters. The van der Waals surface area contributed by atoms with Gasteiger partial charge in [-0.3, -0.25) is 0 Å². The molecule has 0 amide bonds. The molecule has 0 fully saturated rings. The van der Waals surface area contributed by atoms with Crippen LogP contribution in [-0.4, -0.2) is 16.5 Å². The Balaban J connectivity index is 1.55. The molecule has 0 radical (unpaired) electrons. The van der Waals surface area contributed by atoms with Gasteiger partial charge in [0.15, 0.2) is 5.82 Å². The maximum atomic E-state index is 4.82. The third-order valence-corrected chi connectivity index (χ3v) is 5.41. The van der Waals surface area contributed by atoms with Gasteiger partial charge in [0.1, 0.15) is 5.82 Å². The highest BCUT2D eigenvalue weighted by molar-refractivity contribution is 5.67. The van der Waals surface area contributed by atoms with Crippen molar-refractivity contribution >= 4 is 5.82 Å². The molecule has 30 heavy (non-hydrogen) atoms. The summed E-state index contributed by atoms with van der Waals surface area (Å²) in [5.41, 5.74) is 3.11. The largest absolute Gasteiger partial charge is 0.370 e. The summed E-state index contributed by atoms with van der Waals surface area (Å²) in [5, 5.41) is 3.53. The molecule has 0 aliphatic heterocycles. The standard InChI is InChI=1S/C27H35N3/c1-2-3-4-5-6-7-8-9-16-21-28-26-22-25(23-17-12-10-13-18-23)29-27(30-26)24-19-14-11-15-20-24/h10-15,17-20,22H,2-9,16,21H2,1H3,(H,28,29,30). The van der Waals surface area contributed by atoms with Crippen LogP contribution >= 0.6 is 0 Å². The zero-order valence-electron chi connectivity index (χ0n) is 18.3. The Kier molecular flexibility index (Phi) is 9.39. The van der Waals surface area contributed by atoms with Crippen LogP contribution in [0.2, 0.25) is 0 Å². The summed E-state index contributed by atoms with van der Waals surface area (Å²) in [7, 11) is 0. The topological polar surface area (TPSA) is 37.8 Å². The van der Waals surface area contributed by atoms with E-state index >= 15 is 0 Å². The molecule has 1 aromatic heterocycles. The first-order valence-corrected chi connectivity index (χ1v) is 11.6. The molecule has 3 heteroatoms. The lowest BCUT2D eigenvalue weighted by Gasteiger charge is -2.11. The van der Waals surface area contributed by atoms with Crippen LogP contribution in [0.25, 0.3) is 22.6 Å². The Morgan fingerprint density at radius 3 is 1.83 bits per heavy atom. The van der Waals surface area contributed by atoms with Crippen molar-refractivity contribution in [3.63, 3.8) is 0 Å². The number of hydrogen-bond donors (Lipinski definition) is 1. The predicted octanol–water partition coefficient (Wildman–Crippen LogP) is 7.75. The minimum Gasteiger partial charge on any atom is -0.370 e. The first-order valence-electron chi connectivity index (χ1n) is 11.6. The van der Waals surface area contributed by atoms with Gasteiger partial charge in [0.25, 0.3) is 0 Å². The minimum atomic E-state index is 0.770. The van der Waals surface area contributed by atoms with Crippen LogP contribution in [0.15, 0.2) is 66.7 Å². The molecule has 0 aliphatic carbocycles. The van der Waals surface area contributed by atoms with Gasteiger partial charge < -0.3 is 5.32 Å². The normalized spacial score (nSPS) is 10.8. The summed E-state index contributed by atoms with van der Waals surface area (Å²) in [6, 6.07) is 22.6. The van der Waals surface area contributed by atoms with Crippen molar-refractivity contribution < 1.29 is 0 Å². The van der Waals surface area contributed by atoms with Crippen LogP contribution in [0.1, 0.15) is 64.7 Å². The summed E-state index contributed by atoms with van der Waals surface area (Å²) in [4.78, 5) is 9.60. The number of rotatable bonds is 13. The molecule has 0 aliphatic rings. The molecule has 0 saturated heterocycles. The third kappa shape index (κ3) is 7.29. The number of nitrogens with one attached hydrogen (secondary N) is 1. The first kappa shape index (κ1) is 22.0. The monoisotopic (exact) mass is 401 g/mol. The molecule has 0 spiro atoms. The highest BCUT2D eigenvalue weighted by atomic mass is 15.0. The number of aromatic nitrogens is 2. The van der Waals surface area contributed by atoms with Gasteiger partial charge in [-0.05, 0) is 6.42 Å². The first-order chi connectivity index (χ1) is 14.9. The van der Waals surface area contributed by atoms with E-state index in [2.05, 4.69) is 54.7 Å². The maximum absolute atomic E-state index is 4.82.